The number of carboxylic acid groups (broad SMARTS) is 1. The molecule has 0 atom stereocenters. The molecule has 1 aromatic carbocycles. The van der Waals surface area contributed by atoms with Crippen molar-refractivity contribution < 1.29 is 19.4 Å². The van der Waals surface area contributed by atoms with E-state index in [0.29, 0.717) is 13.1 Å². The molecule has 0 radical (unpaired) electrons. The minimum Gasteiger partial charge on any atom is -0.478 e. The van der Waals surface area contributed by atoms with Crippen LogP contribution >= 0.6 is 0 Å². The van der Waals surface area contributed by atoms with Gasteiger partial charge in [-0.25, -0.2) is 9.59 Å². The molecule has 0 spiro atoms. The minimum absolute atomic E-state index is 0.206. The number of nitrogens with zero attached hydrogens (tertiary/aromatic N) is 2. The Morgan fingerprint density at radius 1 is 1.08 bits per heavy atom. The maximum absolute atomic E-state index is 12.5. The van der Waals surface area contributed by atoms with Crippen molar-refractivity contribution in [3.05, 3.63) is 65.5 Å². The van der Waals surface area contributed by atoms with Crippen LogP contribution in [0.2, 0.25) is 0 Å². The normalized spacial score (nSPS) is 11.0. The number of rotatable bonds is 5. The van der Waals surface area contributed by atoms with Gasteiger partial charge in [0, 0.05) is 12.7 Å². The first kappa shape index (κ1) is 18.4. The van der Waals surface area contributed by atoms with Crippen LogP contribution in [-0.2, 0) is 17.8 Å². The first-order valence-electron chi connectivity index (χ1n) is 7.95. The molecule has 1 heterocycles. The van der Waals surface area contributed by atoms with Crippen LogP contribution in [0.15, 0.2) is 48.7 Å². The third-order valence-electron chi connectivity index (χ3n) is 3.31. The molecule has 2 rings (SSSR count). The summed E-state index contributed by atoms with van der Waals surface area (Å²) in [6.07, 6.45) is 1.23. The Balaban J connectivity index is 2.18. The summed E-state index contributed by atoms with van der Waals surface area (Å²) < 4.78 is 5.47. The molecule has 6 heteroatoms. The molecule has 0 aliphatic carbocycles. The average Bonchev–Trinajstić information content (AvgIpc) is 2.54. The van der Waals surface area contributed by atoms with E-state index in [2.05, 4.69) is 4.98 Å². The van der Waals surface area contributed by atoms with Gasteiger partial charge < -0.3 is 9.84 Å². The van der Waals surface area contributed by atoms with Gasteiger partial charge in [-0.05, 0) is 50.6 Å². The third-order valence-corrected chi connectivity index (χ3v) is 3.31. The molecule has 1 N–H and O–H groups in total. The quantitative estimate of drug-likeness (QED) is 0.896. The summed E-state index contributed by atoms with van der Waals surface area (Å²) in [6.45, 7) is 6.03. The molecule has 0 aliphatic rings. The standard InChI is InChI=1S/C19H22N2O4/c1-19(2,3)25-18(24)21(13-16-6-4-5-11-20-16)12-14-7-9-15(10-8-14)17(22)23/h4-11H,12-13H2,1-3H3,(H,22,23). The fourth-order valence-electron chi connectivity index (χ4n) is 2.17. The van der Waals surface area contributed by atoms with Crippen LogP contribution in [0.3, 0.4) is 0 Å². The van der Waals surface area contributed by atoms with Crippen LogP contribution in [-0.4, -0.2) is 32.7 Å². The van der Waals surface area contributed by atoms with Crippen molar-refractivity contribution >= 4 is 12.1 Å². The van der Waals surface area contributed by atoms with E-state index in [1.807, 2.05) is 39.0 Å². The van der Waals surface area contributed by atoms with Gasteiger partial charge in [-0.3, -0.25) is 9.88 Å². The third kappa shape index (κ3) is 5.91. The Labute approximate surface area is 147 Å². The van der Waals surface area contributed by atoms with E-state index in [1.165, 1.54) is 12.1 Å². The summed E-state index contributed by atoms with van der Waals surface area (Å²) in [5.41, 5.74) is 1.16. The lowest BCUT2D eigenvalue weighted by molar-refractivity contribution is 0.0213. The molecule has 1 amide bonds. The van der Waals surface area contributed by atoms with Gasteiger partial charge in [0.15, 0.2) is 0 Å². The highest BCUT2D eigenvalue weighted by Crippen LogP contribution is 2.15. The lowest BCUT2D eigenvalue weighted by Crippen LogP contribution is -2.36. The molecule has 25 heavy (non-hydrogen) atoms. The van der Waals surface area contributed by atoms with Crippen molar-refractivity contribution in [1.29, 1.82) is 0 Å². The Bertz CT molecular complexity index is 721. The lowest BCUT2D eigenvalue weighted by Gasteiger charge is -2.27. The maximum atomic E-state index is 12.5. The van der Waals surface area contributed by atoms with Gasteiger partial charge in [-0.15, -0.1) is 0 Å². The van der Waals surface area contributed by atoms with Crippen LogP contribution in [0, 0.1) is 0 Å². The first-order valence-corrected chi connectivity index (χ1v) is 7.95. The number of benzene rings is 1. The first-order chi connectivity index (χ1) is 11.7. The zero-order valence-corrected chi connectivity index (χ0v) is 14.6. The summed E-state index contributed by atoms with van der Waals surface area (Å²) in [6, 6.07) is 11.9. The predicted molar refractivity (Wildman–Crippen MR) is 93.1 cm³/mol. The van der Waals surface area contributed by atoms with Crippen molar-refractivity contribution in [3.63, 3.8) is 0 Å². The van der Waals surface area contributed by atoms with Gasteiger partial charge in [0.1, 0.15) is 5.60 Å². The number of carbonyl (C=O) groups is 2. The molecule has 0 saturated carbocycles. The number of hydrogen-bond acceptors (Lipinski definition) is 4. The topological polar surface area (TPSA) is 79.7 Å². The summed E-state index contributed by atoms with van der Waals surface area (Å²) in [5.74, 6) is -0.982. The van der Waals surface area contributed by atoms with Gasteiger partial charge >= 0.3 is 12.1 Å². The number of aromatic carboxylic acids is 1. The van der Waals surface area contributed by atoms with E-state index < -0.39 is 17.7 Å². The van der Waals surface area contributed by atoms with E-state index in [1.54, 1.807) is 23.2 Å². The zero-order chi connectivity index (χ0) is 18.4. The van der Waals surface area contributed by atoms with Crippen LogP contribution in [0.1, 0.15) is 42.4 Å². The monoisotopic (exact) mass is 342 g/mol. The van der Waals surface area contributed by atoms with Gasteiger partial charge in [-0.2, -0.15) is 0 Å². The van der Waals surface area contributed by atoms with Crippen LogP contribution in [0.25, 0.3) is 0 Å². The van der Waals surface area contributed by atoms with Crippen LogP contribution < -0.4 is 0 Å². The molecule has 2 aromatic rings. The highest BCUT2D eigenvalue weighted by Gasteiger charge is 2.23. The smallest absolute Gasteiger partial charge is 0.410 e. The maximum Gasteiger partial charge on any atom is 0.410 e. The molecule has 6 nitrogen and oxygen atoms in total. The molecular weight excluding hydrogens is 320 g/mol. The number of carbonyl (C=O) groups excluding carboxylic acids is 1. The molecule has 1 aromatic heterocycles. The molecule has 0 bridgehead atoms. The van der Waals surface area contributed by atoms with E-state index in [0.717, 1.165) is 11.3 Å². The second-order valence-electron chi connectivity index (χ2n) is 6.66. The van der Waals surface area contributed by atoms with E-state index in [-0.39, 0.29) is 5.56 Å². The van der Waals surface area contributed by atoms with Gasteiger partial charge in [-0.1, -0.05) is 18.2 Å². The molecule has 0 saturated heterocycles. The summed E-state index contributed by atoms with van der Waals surface area (Å²) >= 11 is 0. The average molecular weight is 342 g/mol. The second kappa shape index (κ2) is 7.79. The Hall–Kier alpha value is -2.89. The molecule has 132 valence electrons. The van der Waals surface area contributed by atoms with Crippen molar-refractivity contribution in [2.75, 3.05) is 0 Å². The fourth-order valence-corrected chi connectivity index (χ4v) is 2.17. The van der Waals surface area contributed by atoms with Crippen molar-refractivity contribution in [1.82, 2.24) is 9.88 Å². The van der Waals surface area contributed by atoms with Crippen molar-refractivity contribution in [3.8, 4) is 0 Å². The van der Waals surface area contributed by atoms with E-state index in [9.17, 15) is 9.59 Å². The molecule has 0 unspecified atom stereocenters. The van der Waals surface area contributed by atoms with E-state index >= 15 is 0 Å². The Kier molecular flexibility index (Phi) is 5.75. The number of carboxylic acids is 1. The minimum atomic E-state index is -0.982. The highest BCUT2D eigenvalue weighted by molar-refractivity contribution is 5.87. The van der Waals surface area contributed by atoms with Gasteiger partial charge in [0.05, 0.1) is 17.8 Å². The zero-order valence-electron chi connectivity index (χ0n) is 14.6. The summed E-state index contributed by atoms with van der Waals surface area (Å²) in [4.78, 5) is 29.3. The second-order valence-corrected chi connectivity index (χ2v) is 6.66. The lowest BCUT2D eigenvalue weighted by atomic mass is 10.1. The fraction of sp³-hybridized carbons (Fsp3) is 0.316. The highest BCUT2D eigenvalue weighted by atomic mass is 16.6. The SMILES string of the molecule is CC(C)(C)OC(=O)N(Cc1ccc(C(=O)O)cc1)Cc1ccccn1. The number of ether oxygens (including phenoxy) is 1. The summed E-state index contributed by atoms with van der Waals surface area (Å²) in [5, 5.41) is 8.98. The van der Waals surface area contributed by atoms with Crippen molar-refractivity contribution in [2.45, 2.75) is 39.5 Å². The van der Waals surface area contributed by atoms with Crippen LogP contribution in [0.4, 0.5) is 4.79 Å². The van der Waals surface area contributed by atoms with Crippen molar-refractivity contribution in [2.24, 2.45) is 0 Å². The number of hydrogen-bond donors (Lipinski definition) is 1. The van der Waals surface area contributed by atoms with Gasteiger partial charge in [0.25, 0.3) is 0 Å². The number of amides is 1. The van der Waals surface area contributed by atoms with E-state index in [4.69, 9.17) is 9.84 Å². The Morgan fingerprint density at radius 2 is 1.76 bits per heavy atom. The summed E-state index contributed by atoms with van der Waals surface area (Å²) in [7, 11) is 0. The van der Waals surface area contributed by atoms with Gasteiger partial charge in [0.2, 0.25) is 0 Å². The number of aromatic nitrogens is 1. The largest absolute Gasteiger partial charge is 0.478 e. The Morgan fingerprint density at radius 3 is 2.28 bits per heavy atom. The predicted octanol–water partition coefficient (Wildman–Crippen LogP) is 3.72. The molecular formula is C19H22N2O4. The van der Waals surface area contributed by atoms with Crippen LogP contribution in [0.5, 0.6) is 0 Å². The number of pyridine rings is 1. The molecule has 0 aliphatic heterocycles. The molecule has 0 fully saturated rings.